The maximum atomic E-state index is 14.3. The average Bonchev–Trinajstić information content (AvgIpc) is 2.98. The Hall–Kier alpha value is -3.47. The number of benzene rings is 1. The van der Waals surface area contributed by atoms with Crippen LogP contribution in [0.1, 0.15) is 90.9 Å². The first-order valence-electron chi connectivity index (χ1n) is 15.3. The molecule has 0 heterocycles. The van der Waals surface area contributed by atoms with Crippen molar-refractivity contribution in [3.05, 3.63) is 30.0 Å². The van der Waals surface area contributed by atoms with Gasteiger partial charge in [0, 0.05) is 23.5 Å². The van der Waals surface area contributed by atoms with Gasteiger partial charge in [-0.25, -0.2) is 9.59 Å². The van der Waals surface area contributed by atoms with Gasteiger partial charge in [-0.2, -0.15) is 48.3 Å². The molecule has 0 aliphatic rings. The fourth-order valence-corrected chi connectivity index (χ4v) is 3.99. The first-order chi connectivity index (χ1) is 22.3. The Kier molecular flexibility index (Phi) is 17.3. The second-order valence-corrected chi connectivity index (χ2v) is 10.7. The van der Waals surface area contributed by atoms with E-state index in [1.54, 1.807) is 0 Å². The number of carbonyl (C=O) groups is 2. The Bertz CT molecular complexity index is 1140. The van der Waals surface area contributed by atoms with E-state index in [4.69, 9.17) is 9.47 Å². The van der Waals surface area contributed by atoms with E-state index >= 15 is 0 Å². The number of hydrogen-bond acceptors (Lipinski definition) is 5. The third-order valence-corrected chi connectivity index (χ3v) is 6.66. The molecule has 0 radical (unpaired) electrons. The van der Waals surface area contributed by atoms with E-state index in [1.165, 1.54) is 0 Å². The predicted octanol–water partition coefficient (Wildman–Crippen LogP) is 11.5. The van der Waals surface area contributed by atoms with E-state index in [9.17, 15) is 57.9 Å². The first-order valence-corrected chi connectivity index (χ1v) is 15.3. The van der Waals surface area contributed by atoms with Gasteiger partial charge in [-0.05, 0) is 18.9 Å². The van der Waals surface area contributed by atoms with Gasteiger partial charge in [-0.1, -0.05) is 78.1 Å². The summed E-state index contributed by atoms with van der Waals surface area (Å²) in [6.07, 6.45) is 0.777. The highest BCUT2D eigenvalue weighted by Crippen LogP contribution is 2.55. The third kappa shape index (κ3) is 12.9. The van der Waals surface area contributed by atoms with E-state index in [0.717, 1.165) is 70.3 Å². The molecule has 1 aromatic rings. The highest BCUT2D eigenvalue weighted by atomic mass is 19.4. The quantitative estimate of drug-likeness (QED) is 0.0751. The Labute approximate surface area is 270 Å². The fraction of sp³-hybridized carbons (Fsp3) is 0.667. The number of alkyl halides is 9. The lowest BCUT2D eigenvalue weighted by molar-refractivity contribution is -0.392. The number of hydrogen-bond donors (Lipinski definition) is 2. The Morgan fingerprint density at radius 1 is 0.604 bits per heavy atom. The smallest absolute Gasteiger partial charge is 0.449 e. The largest absolute Gasteiger partial charge is 0.460 e. The van der Waals surface area contributed by atoms with Crippen molar-refractivity contribution in [3.8, 4) is 5.75 Å². The molecule has 0 unspecified atom stereocenters. The zero-order valence-corrected chi connectivity index (χ0v) is 26.3. The molecule has 0 atom stereocenters. The lowest BCUT2D eigenvalue weighted by Gasteiger charge is -2.32. The van der Waals surface area contributed by atoms with E-state index < -0.39 is 65.1 Å². The second kappa shape index (κ2) is 19.5. The summed E-state index contributed by atoms with van der Waals surface area (Å²) >= 11 is 0. The van der Waals surface area contributed by atoms with Crippen molar-refractivity contribution >= 4 is 23.6 Å². The maximum Gasteiger partial charge on any atom is 0.460 e. The van der Waals surface area contributed by atoms with Crippen molar-refractivity contribution in [3.63, 3.8) is 0 Å². The molecular formula is C30H39F11N2O5. The van der Waals surface area contributed by atoms with Gasteiger partial charge in [-0.3, -0.25) is 10.6 Å². The molecule has 7 nitrogen and oxygen atoms in total. The van der Waals surface area contributed by atoms with Crippen LogP contribution in [0.25, 0.3) is 0 Å². The monoisotopic (exact) mass is 716 g/mol. The number of amides is 2. The summed E-state index contributed by atoms with van der Waals surface area (Å²) in [7, 11) is 0. The summed E-state index contributed by atoms with van der Waals surface area (Å²) in [6, 6.07) is -1.16. The molecule has 1 rings (SSSR count). The second-order valence-electron chi connectivity index (χ2n) is 10.7. The van der Waals surface area contributed by atoms with E-state index in [-0.39, 0.29) is 13.2 Å². The van der Waals surface area contributed by atoms with E-state index in [2.05, 4.69) is 15.4 Å². The van der Waals surface area contributed by atoms with Crippen LogP contribution in [-0.2, 0) is 9.47 Å². The number of ether oxygens (including phenoxy) is 3. The molecule has 0 aromatic heterocycles. The van der Waals surface area contributed by atoms with Crippen LogP contribution in [0.3, 0.4) is 0 Å². The minimum absolute atomic E-state index is 0.0432. The molecule has 2 N–H and O–H groups in total. The van der Waals surface area contributed by atoms with Crippen molar-refractivity contribution in [2.24, 2.45) is 0 Å². The SMILES string of the molecule is CCCCCCCCOC(=O)Nc1cc(NC(=O)OCCCCCCCC)cc(OC(F)=C(F)C(F)(F)C(F)(F)C(F)(F)C(F)(F)F)c1. The van der Waals surface area contributed by atoms with E-state index in [1.807, 2.05) is 13.8 Å². The number of anilines is 2. The summed E-state index contributed by atoms with van der Waals surface area (Å²) in [6.45, 7) is 3.97. The lowest BCUT2D eigenvalue weighted by Crippen LogP contribution is -2.61. The van der Waals surface area contributed by atoms with E-state index in [0.29, 0.717) is 25.0 Å². The van der Waals surface area contributed by atoms with Crippen LogP contribution in [0.15, 0.2) is 30.0 Å². The van der Waals surface area contributed by atoms with Crippen molar-refractivity contribution in [2.45, 2.75) is 115 Å². The van der Waals surface area contributed by atoms with Crippen molar-refractivity contribution < 1.29 is 72.1 Å². The Morgan fingerprint density at radius 3 is 1.40 bits per heavy atom. The first kappa shape index (κ1) is 42.6. The zero-order valence-electron chi connectivity index (χ0n) is 26.3. The predicted molar refractivity (Wildman–Crippen MR) is 154 cm³/mol. The van der Waals surface area contributed by atoms with Crippen molar-refractivity contribution in [1.29, 1.82) is 0 Å². The summed E-state index contributed by atoms with van der Waals surface area (Å²) in [5.74, 6) is -27.3. The van der Waals surface area contributed by atoms with Gasteiger partial charge in [-0.15, -0.1) is 0 Å². The van der Waals surface area contributed by atoms with Gasteiger partial charge in [0.1, 0.15) is 5.75 Å². The highest BCUT2D eigenvalue weighted by Gasteiger charge is 2.83. The zero-order chi connectivity index (χ0) is 36.6. The maximum absolute atomic E-state index is 14.3. The molecule has 0 aliphatic heterocycles. The molecule has 0 spiro atoms. The molecule has 0 saturated heterocycles. The minimum atomic E-state index is -7.50. The number of carbonyl (C=O) groups excluding carboxylic acids is 2. The summed E-state index contributed by atoms with van der Waals surface area (Å²) in [5, 5.41) is 4.24. The number of halogens is 11. The lowest BCUT2D eigenvalue weighted by atomic mass is 10.0. The molecule has 0 saturated carbocycles. The van der Waals surface area contributed by atoms with Crippen LogP contribution in [0.2, 0.25) is 0 Å². The summed E-state index contributed by atoms with van der Waals surface area (Å²) < 4.78 is 161. The average molecular weight is 717 g/mol. The standard InChI is InChI=1S/C30H39F11N2O5/c1-3-5-7-9-11-13-15-46-25(44)42-20-17-21(43-26(45)47-16-14-12-10-8-6-4-2)19-22(18-20)48-24(32)23(31)27(33,34)28(35,36)29(37,38)30(39,40)41/h17-19H,3-16H2,1-2H3,(H,42,44)(H,43,45). The molecule has 2 amide bonds. The molecule has 0 fully saturated rings. The van der Waals surface area contributed by atoms with Gasteiger partial charge in [0.25, 0.3) is 0 Å². The third-order valence-electron chi connectivity index (χ3n) is 6.66. The summed E-state index contributed by atoms with van der Waals surface area (Å²) in [4.78, 5) is 24.5. The molecule has 276 valence electrons. The van der Waals surface area contributed by atoms with Crippen LogP contribution >= 0.6 is 0 Å². The Morgan fingerprint density at radius 2 is 1.00 bits per heavy atom. The normalized spacial score (nSPS) is 13.1. The van der Waals surface area contributed by atoms with Crippen LogP contribution in [0, 0.1) is 0 Å². The minimum Gasteiger partial charge on any atom is -0.449 e. The fourth-order valence-electron chi connectivity index (χ4n) is 3.99. The molecule has 48 heavy (non-hydrogen) atoms. The topological polar surface area (TPSA) is 85.9 Å². The molecule has 1 aromatic carbocycles. The van der Waals surface area contributed by atoms with Crippen molar-refractivity contribution in [2.75, 3.05) is 23.8 Å². The number of rotatable bonds is 21. The number of nitrogens with one attached hydrogen (secondary N) is 2. The van der Waals surface area contributed by atoms with Gasteiger partial charge in [0.2, 0.25) is 5.83 Å². The molecule has 0 bridgehead atoms. The molecular weight excluding hydrogens is 677 g/mol. The van der Waals surface area contributed by atoms with Crippen LogP contribution in [0.5, 0.6) is 5.75 Å². The van der Waals surface area contributed by atoms with Crippen LogP contribution in [-0.4, -0.2) is 49.3 Å². The van der Waals surface area contributed by atoms with Crippen molar-refractivity contribution in [1.82, 2.24) is 0 Å². The Balaban J connectivity index is 3.18. The van der Waals surface area contributed by atoms with Gasteiger partial charge < -0.3 is 14.2 Å². The number of allylic oxidation sites excluding steroid dienone is 1. The van der Waals surface area contributed by atoms with Crippen LogP contribution < -0.4 is 15.4 Å². The van der Waals surface area contributed by atoms with Gasteiger partial charge >= 0.3 is 42.1 Å². The summed E-state index contributed by atoms with van der Waals surface area (Å²) in [5.41, 5.74) is -0.860. The van der Waals surface area contributed by atoms with Crippen LogP contribution in [0.4, 0.5) is 69.3 Å². The van der Waals surface area contributed by atoms with Gasteiger partial charge in [0.15, 0.2) is 0 Å². The number of unbranched alkanes of at least 4 members (excludes halogenated alkanes) is 10. The molecule has 18 heteroatoms. The van der Waals surface area contributed by atoms with Gasteiger partial charge in [0.05, 0.1) is 13.2 Å². The molecule has 0 aliphatic carbocycles. The highest BCUT2D eigenvalue weighted by molar-refractivity contribution is 5.89.